The van der Waals surface area contributed by atoms with E-state index in [1.54, 1.807) is 11.8 Å². The lowest BCUT2D eigenvalue weighted by Crippen LogP contribution is -2.42. The number of likely N-dealkylation sites (N-methyl/N-ethyl adjacent to an activating group) is 1. The zero-order valence-electron chi connectivity index (χ0n) is 16.6. The molecular formula is C22H23F2N3O3. The topological polar surface area (TPSA) is 69.7 Å². The van der Waals surface area contributed by atoms with Gasteiger partial charge in [0.25, 0.3) is 0 Å². The summed E-state index contributed by atoms with van der Waals surface area (Å²) in [5, 5.41) is 2.18. The van der Waals surface area contributed by atoms with Gasteiger partial charge in [0, 0.05) is 26.1 Å². The largest absolute Gasteiger partial charge is 0.338 e. The monoisotopic (exact) mass is 415 g/mol. The van der Waals surface area contributed by atoms with Crippen molar-refractivity contribution in [3.05, 3.63) is 65.7 Å². The fourth-order valence-electron chi connectivity index (χ4n) is 3.47. The molecule has 1 N–H and O–H groups in total. The van der Waals surface area contributed by atoms with Crippen molar-refractivity contribution in [3.8, 4) is 0 Å². The van der Waals surface area contributed by atoms with Crippen LogP contribution in [-0.2, 0) is 20.9 Å². The molecule has 1 fully saturated rings. The van der Waals surface area contributed by atoms with Crippen LogP contribution < -0.4 is 5.32 Å². The third kappa shape index (κ3) is 5.00. The number of hydrogen-bond donors (Lipinski definition) is 1. The van der Waals surface area contributed by atoms with Crippen LogP contribution >= 0.6 is 0 Å². The standard InChI is InChI=1S/C22H23F2N3O3/c1-2-26(14-19(28)25-21-17(23)9-6-10-18(21)24)22(30)16-11-20(29)27(13-16)12-15-7-4-3-5-8-15/h3-10,16H,2,11-14H2,1H3,(H,25,28)/t16-/m0/s1. The Labute approximate surface area is 173 Å². The maximum atomic E-state index is 13.7. The Kier molecular flexibility index (Phi) is 6.76. The van der Waals surface area contributed by atoms with Gasteiger partial charge in [-0.3, -0.25) is 14.4 Å². The Hall–Kier alpha value is -3.29. The Balaban J connectivity index is 1.60. The molecule has 3 amide bonds. The lowest BCUT2D eigenvalue weighted by Gasteiger charge is -2.24. The lowest BCUT2D eigenvalue weighted by molar-refractivity contribution is -0.138. The van der Waals surface area contributed by atoms with Gasteiger partial charge in [0.2, 0.25) is 17.7 Å². The Morgan fingerprint density at radius 3 is 2.40 bits per heavy atom. The molecule has 1 saturated heterocycles. The van der Waals surface area contributed by atoms with Gasteiger partial charge in [0.05, 0.1) is 12.5 Å². The van der Waals surface area contributed by atoms with Crippen LogP contribution in [0.4, 0.5) is 14.5 Å². The summed E-state index contributed by atoms with van der Waals surface area (Å²) in [7, 11) is 0. The number of halogens is 2. The molecule has 0 aliphatic carbocycles. The van der Waals surface area contributed by atoms with E-state index in [-0.39, 0.29) is 37.9 Å². The highest BCUT2D eigenvalue weighted by atomic mass is 19.1. The van der Waals surface area contributed by atoms with Crippen molar-refractivity contribution < 1.29 is 23.2 Å². The summed E-state index contributed by atoms with van der Waals surface area (Å²) in [5.41, 5.74) is 0.425. The number of hydrogen-bond acceptors (Lipinski definition) is 3. The van der Waals surface area contributed by atoms with Gasteiger partial charge in [0.1, 0.15) is 17.3 Å². The summed E-state index contributed by atoms with van der Waals surface area (Å²) in [5.74, 6) is -3.50. The quantitative estimate of drug-likeness (QED) is 0.756. The van der Waals surface area contributed by atoms with E-state index in [1.807, 2.05) is 30.3 Å². The highest BCUT2D eigenvalue weighted by Crippen LogP contribution is 2.23. The minimum Gasteiger partial charge on any atom is -0.338 e. The maximum Gasteiger partial charge on any atom is 0.244 e. The minimum absolute atomic E-state index is 0.0751. The average Bonchev–Trinajstić information content (AvgIpc) is 3.09. The number of carbonyl (C=O) groups excluding carboxylic acids is 3. The Bertz CT molecular complexity index is 916. The summed E-state index contributed by atoms with van der Waals surface area (Å²) in [4.78, 5) is 40.4. The SMILES string of the molecule is CCN(CC(=O)Nc1c(F)cccc1F)C(=O)[C@H]1CC(=O)N(Cc2ccccc2)C1. The number of nitrogens with one attached hydrogen (secondary N) is 1. The fourth-order valence-corrected chi connectivity index (χ4v) is 3.47. The highest BCUT2D eigenvalue weighted by molar-refractivity contribution is 5.96. The molecule has 1 heterocycles. The zero-order valence-corrected chi connectivity index (χ0v) is 16.6. The third-order valence-electron chi connectivity index (χ3n) is 5.04. The number of para-hydroxylation sites is 1. The predicted molar refractivity (Wildman–Crippen MR) is 107 cm³/mol. The number of anilines is 1. The van der Waals surface area contributed by atoms with Crippen LogP contribution in [-0.4, -0.2) is 47.2 Å². The summed E-state index contributed by atoms with van der Waals surface area (Å²) >= 11 is 0. The van der Waals surface area contributed by atoms with Crippen molar-refractivity contribution >= 4 is 23.4 Å². The Morgan fingerprint density at radius 2 is 1.77 bits per heavy atom. The van der Waals surface area contributed by atoms with Gasteiger partial charge in [-0.05, 0) is 24.6 Å². The number of amides is 3. The van der Waals surface area contributed by atoms with Crippen LogP contribution in [0, 0.1) is 17.6 Å². The van der Waals surface area contributed by atoms with Crippen LogP contribution in [0.15, 0.2) is 48.5 Å². The second kappa shape index (κ2) is 9.47. The van der Waals surface area contributed by atoms with E-state index in [4.69, 9.17) is 0 Å². The van der Waals surface area contributed by atoms with E-state index < -0.39 is 29.1 Å². The molecule has 3 rings (SSSR count). The lowest BCUT2D eigenvalue weighted by atomic mass is 10.1. The molecule has 0 radical (unpaired) electrons. The molecule has 0 bridgehead atoms. The van der Waals surface area contributed by atoms with Crippen molar-refractivity contribution in [3.63, 3.8) is 0 Å². The van der Waals surface area contributed by atoms with Crippen molar-refractivity contribution in [2.45, 2.75) is 19.9 Å². The summed E-state index contributed by atoms with van der Waals surface area (Å²) in [6.07, 6.45) is 0.0751. The minimum atomic E-state index is -0.893. The zero-order chi connectivity index (χ0) is 21.7. The third-order valence-corrected chi connectivity index (χ3v) is 5.04. The van der Waals surface area contributed by atoms with Gasteiger partial charge in [-0.1, -0.05) is 36.4 Å². The smallest absolute Gasteiger partial charge is 0.244 e. The summed E-state index contributed by atoms with van der Waals surface area (Å²) in [6.45, 7) is 2.27. The molecule has 0 aromatic heterocycles. The van der Waals surface area contributed by atoms with E-state index >= 15 is 0 Å². The van der Waals surface area contributed by atoms with Gasteiger partial charge in [-0.2, -0.15) is 0 Å². The summed E-state index contributed by atoms with van der Waals surface area (Å²) in [6, 6.07) is 12.7. The molecular weight excluding hydrogens is 392 g/mol. The molecule has 1 atom stereocenters. The first kappa shape index (κ1) is 21.4. The van der Waals surface area contributed by atoms with Crippen LogP contribution in [0.5, 0.6) is 0 Å². The number of rotatable bonds is 7. The van der Waals surface area contributed by atoms with Gasteiger partial charge < -0.3 is 15.1 Å². The van der Waals surface area contributed by atoms with E-state index in [1.165, 1.54) is 11.0 Å². The van der Waals surface area contributed by atoms with Crippen molar-refractivity contribution in [1.29, 1.82) is 0 Å². The molecule has 0 spiro atoms. The number of benzene rings is 2. The second-order valence-electron chi connectivity index (χ2n) is 7.16. The van der Waals surface area contributed by atoms with Crippen LogP contribution in [0.1, 0.15) is 18.9 Å². The molecule has 0 saturated carbocycles. The first-order valence-electron chi connectivity index (χ1n) is 9.73. The summed E-state index contributed by atoms with van der Waals surface area (Å²) < 4.78 is 27.4. The van der Waals surface area contributed by atoms with E-state index in [0.29, 0.717) is 6.54 Å². The predicted octanol–water partition coefficient (Wildman–Crippen LogP) is 2.80. The van der Waals surface area contributed by atoms with Gasteiger partial charge in [-0.25, -0.2) is 8.78 Å². The highest BCUT2D eigenvalue weighted by Gasteiger charge is 2.36. The van der Waals surface area contributed by atoms with Crippen molar-refractivity contribution in [1.82, 2.24) is 9.80 Å². The molecule has 2 aromatic carbocycles. The van der Waals surface area contributed by atoms with E-state index in [9.17, 15) is 23.2 Å². The van der Waals surface area contributed by atoms with Gasteiger partial charge in [-0.15, -0.1) is 0 Å². The van der Waals surface area contributed by atoms with E-state index in [0.717, 1.165) is 17.7 Å². The van der Waals surface area contributed by atoms with Gasteiger partial charge in [0.15, 0.2) is 0 Å². The molecule has 1 aliphatic rings. The molecule has 8 heteroatoms. The maximum absolute atomic E-state index is 13.7. The molecule has 158 valence electrons. The van der Waals surface area contributed by atoms with Crippen LogP contribution in [0.3, 0.4) is 0 Å². The normalized spacial score (nSPS) is 15.9. The molecule has 30 heavy (non-hydrogen) atoms. The average molecular weight is 415 g/mol. The number of carbonyl (C=O) groups is 3. The van der Waals surface area contributed by atoms with Crippen molar-refractivity contribution in [2.24, 2.45) is 5.92 Å². The molecule has 0 unspecified atom stereocenters. The van der Waals surface area contributed by atoms with E-state index in [2.05, 4.69) is 5.32 Å². The molecule has 2 aromatic rings. The molecule has 1 aliphatic heterocycles. The molecule has 6 nitrogen and oxygen atoms in total. The number of likely N-dealkylation sites (tertiary alicyclic amines) is 1. The fraction of sp³-hybridized carbons (Fsp3) is 0.318. The first-order valence-corrected chi connectivity index (χ1v) is 9.73. The van der Waals surface area contributed by atoms with Crippen molar-refractivity contribution in [2.75, 3.05) is 25.0 Å². The Morgan fingerprint density at radius 1 is 1.10 bits per heavy atom. The van der Waals surface area contributed by atoms with Crippen LogP contribution in [0.25, 0.3) is 0 Å². The number of nitrogens with zero attached hydrogens (tertiary/aromatic N) is 2. The first-order chi connectivity index (χ1) is 14.4. The van der Waals surface area contributed by atoms with Gasteiger partial charge >= 0.3 is 0 Å². The van der Waals surface area contributed by atoms with Crippen LogP contribution in [0.2, 0.25) is 0 Å². The second-order valence-corrected chi connectivity index (χ2v) is 7.16.